The lowest BCUT2D eigenvalue weighted by molar-refractivity contribution is 0.0676. The first-order valence-corrected chi connectivity index (χ1v) is 9.37. The minimum atomic E-state index is 0.0152. The molecule has 1 atom stereocenters. The molecule has 3 rings (SSSR count). The van der Waals surface area contributed by atoms with Gasteiger partial charge in [-0.1, -0.05) is 29.8 Å². The molecule has 0 bridgehead atoms. The molecule has 1 amide bonds. The van der Waals surface area contributed by atoms with Gasteiger partial charge < -0.3 is 4.90 Å². The number of hydrogen-bond donors (Lipinski definition) is 0. The van der Waals surface area contributed by atoms with Gasteiger partial charge in [0.05, 0.1) is 0 Å². The molecule has 128 valence electrons. The Morgan fingerprint density at radius 3 is 2.52 bits per heavy atom. The number of carbonyl (C=O) groups is 1. The fourth-order valence-corrected chi connectivity index (χ4v) is 3.66. The Morgan fingerprint density at radius 2 is 1.88 bits per heavy atom. The monoisotopic (exact) mass is 370 g/mol. The molecule has 3 aromatic rings. The normalized spacial score (nSPS) is 11.9. The van der Waals surface area contributed by atoms with Crippen molar-refractivity contribution in [1.29, 1.82) is 0 Å². The molecule has 0 saturated carbocycles. The standard InChI is InChI=1S/C20H19ClN2OS/c1-15(13-19-3-2-12-25-19)23(14-16-4-6-18(21)7-5-16)20(24)17-8-10-22-11-9-17/h2-12,15H,13-14H2,1H3/t15-/m0/s1. The van der Waals surface area contributed by atoms with E-state index in [-0.39, 0.29) is 11.9 Å². The van der Waals surface area contributed by atoms with Gasteiger partial charge in [-0.2, -0.15) is 0 Å². The maximum Gasteiger partial charge on any atom is 0.254 e. The van der Waals surface area contributed by atoms with Crippen LogP contribution in [0.4, 0.5) is 0 Å². The first kappa shape index (κ1) is 17.6. The van der Waals surface area contributed by atoms with Crippen LogP contribution in [-0.4, -0.2) is 21.8 Å². The van der Waals surface area contributed by atoms with Crippen LogP contribution in [0.5, 0.6) is 0 Å². The van der Waals surface area contributed by atoms with Crippen LogP contribution in [0.2, 0.25) is 5.02 Å². The largest absolute Gasteiger partial charge is 0.331 e. The van der Waals surface area contributed by atoms with Gasteiger partial charge in [0, 0.05) is 46.9 Å². The third-order valence-electron chi connectivity index (χ3n) is 4.06. The second-order valence-corrected chi connectivity index (χ2v) is 7.40. The summed E-state index contributed by atoms with van der Waals surface area (Å²) in [6.45, 7) is 2.64. The fourth-order valence-electron chi connectivity index (χ4n) is 2.70. The molecule has 0 aliphatic carbocycles. The van der Waals surface area contributed by atoms with Crippen molar-refractivity contribution in [2.45, 2.75) is 25.9 Å². The maximum atomic E-state index is 13.1. The van der Waals surface area contributed by atoms with E-state index in [0.29, 0.717) is 17.1 Å². The summed E-state index contributed by atoms with van der Waals surface area (Å²) < 4.78 is 0. The van der Waals surface area contributed by atoms with Crippen molar-refractivity contribution >= 4 is 28.8 Å². The zero-order valence-electron chi connectivity index (χ0n) is 13.9. The summed E-state index contributed by atoms with van der Waals surface area (Å²) in [5, 5.41) is 2.76. The maximum absolute atomic E-state index is 13.1. The van der Waals surface area contributed by atoms with Crippen LogP contribution in [0.1, 0.15) is 27.7 Å². The van der Waals surface area contributed by atoms with Crippen LogP contribution >= 0.6 is 22.9 Å². The van der Waals surface area contributed by atoms with Crippen molar-refractivity contribution in [3.05, 3.63) is 87.3 Å². The number of hydrogen-bond acceptors (Lipinski definition) is 3. The second kappa shape index (κ2) is 8.28. The summed E-state index contributed by atoms with van der Waals surface area (Å²) in [5.74, 6) is 0.0152. The summed E-state index contributed by atoms with van der Waals surface area (Å²) in [5.41, 5.74) is 1.71. The highest BCUT2D eigenvalue weighted by Gasteiger charge is 2.22. The van der Waals surface area contributed by atoms with Gasteiger partial charge in [0.15, 0.2) is 0 Å². The number of benzene rings is 1. The number of carbonyl (C=O) groups excluding carboxylic acids is 1. The van der Waals surface area contributed by atoms with Crippen LogP contribution in [0.15, 0.2) is 66.3 Å². The molecule has 5 heteroatoms. The zero-order chi connectivity index (χ0) is 17.6. The Morgan fingerprint density at radius 1 is 1.16 bits per heavy atom. The lowest BCUT2D eigenvalue weighted by Crippen LogP contribution is -2.39. The summed E-state index contributed by atoms with van der Waals surface area (Å²) in [6.07, 6.45) is 4.14. The Bertz CT molecular complexity index is 803. The van der Waals surface area contributed by atoms with E-state index in [1.165, 1.54) is 4.88 Å². The molecule has 0 fully saturated rings. The van der Waals surface area contributed by atoms with Crippen molar-refractivity contribution in [1.82, 2.24) is 9.88 Å². The lowest BCUT2D eigenvalue weighted by Gasteiger charge is -2.29. The van der Waals surface area contributed by atoms with E-state index < -0.39 is 0 Å². The van der Waals surface area contributed by atoms with Crippen molar-refractivity contribution in [3.63, 3.8) is 0 Å². The number of aromatic nitrogens is 1. The Hall–Kier alpha value is -2.17. The number of nitrogens with zero attached hydrogens (tertiary/aromatic N) is 2. The highest BCUT2D eigenvalue weighted by atomic mass is 35.5. The average Bonchev–Trinajstić information content (AvgIpc) is 3.14. The summed E-state index contributed by atoms with van der Waals surface area (Å²) in [7, 11) is 0. The van der Waals surface area contributed by atoms with Crippen molar-refractivity contribution < 1.29 is 4.79 Å². The number of amides is 1. The Kier molecular flexibility index (Phi) is 5.84. The molecule has 0 aliphatic rings. The third kappa shape index (κ3) is 4.68. The van der Waals surface area contributed by atoms with E-state index in [4.69, 9.17) is 11.6 Å². The first-order chi connectivity index (χ1) is 12.1. The van der Waals surface area contributed by atoms with Gasteiger partial charge in [0.2, 0.25) is 0 Å². The Balaban J connectivity index is 1.84. The quantitative estimate of drug-likeness (QED) is 0.606. The molecule has 0 spiro atoms. The number of pyridine rings is 1. The van der Waals surface area contributed by atoms with Crippen LogP contribution in [-0.2, 0) is 13.0 Å². The highest BCUT2D eigenvalue weighted by Crippen LogP contribution is 2.19. The van der Waals surface area contributed by atoms with Gasteiger partial charge in [-0.15, -0.1) is 11.3 Å². The molecule has 3 nitrogen and oxygen atoms in total. The third-order valence-corrected chi connectivity index (χ3v) is 5.21. The van der Waals surface area contributed by atoms with E-state index in [1.807, 2.05) is 35.2 Å². The molecule has 0 saturated heterocycles. The molecular formula is C20H19ClN2OS. The molecule has 0 aliphatic heterocycles. The van der Waals surface area contributed by atoms with Crippen molar-refractivity contribution in [3.8, 4) is 0 Å². The van der Waals surface area contributed by atoms with E-state index in [2.05, 4.69) is 23.4 Å². The second-order valence-electron chi connectivity index (χ2n) is 5.93. The fraction of sp³-hybridized carbons (Fsp3) is 0.200. The van der Waals surface area contributed by atoms with Crippen LogP contribution in [0, 0.1) is 0 Å². The van der Waals surface area contributed by atoms with Crippen LogP contribution in [0.3, 0.4) is 0 Å². The first-order valence-electron chi connectivity index (χ1n) is 8.11. The minimum Gasteiger partial charge on any atom is -0.331 e. The summed E-state index contributed by atoms with van der Waals surface area (Å²) in [6, 6.07) is 15.4. The number of halogens is 1. The highest BCUT2D eigenvalue weighted by molar-refractivity contribution is 7.09. The van der Waals surface area contributed by atoms with Crippen LogP contribution in [0.25, 0.3) is 0 Å². The molecule has 2 heterocycles. The van der Waals surface area contributed by atoms with Gasteiger partial charge in [-0.05, 0) is 48.2 Å². The van der Waals surface area contributed by atoms with E-state index in [1.54, 1.807) is 35.9 Å². The van der Waals surface area contributed by atoms with Crippen molar-refractivity contribution in [2.24, 2.45) is 0 Å². The molecule has 25 heavy (non-hydrogen) atoms. The van der Waals surface area contributed by atoms with Gasteiger partial charge in [0.25, 0.3) is 5.91 Å². The van der Waals surface area contributed by atoms with Gasteiger partial charge in [-0.3, -0.25) is 9.78 Å². The summed E-state index contributed by atoms with van der Waals surface area (Å²) in [4.78, 5) is 20.3. The van der Waals surface area contributed by atoms with Gasteiger partial charge >= 0.3 is 0 Å². The lowest BCUT2D eigenvalue weighted by atomic mass is 10.1. The topological polar surface area (TPSA) is 33.2 Å². The predicted molar refractivity (Wildman–Crippen MR) is 103 cm³/mol. The molecule has 0 N–H and O–H groups in total. The van der Waals surface area contributed by atoms with Crippen LogP contribution < -0.4 is 0 Å². The van der Waals surface area contributed by atoms with E-state index >= 15 is 0 Å². The molecule has 0 radical (unpaired) electrons. The van der Waals surface area contributed by atoms with Gasteiger partial charge in [-0.25, -0.2) is 0 Å². The predicted octanol–water partition coefficient (Wildman–Crippen LogP) is 5.07. The minimum absolute atomic E-state index is 0.0152. The number of rotatable bonds is 6. The number of thiophene rings is 1. The molecule has 1 aromatic carbocycles. The van der Waals surface area contributed by atoms with Crippen molar-refractivity contribution in [2.75, 3.05) is 0 Å². The molecule has 0 unspecified atom stereocenters. The molecular weight excluding hydrogens is 352 g/mol. The smallest absolute Gasteiger partial charge is 0.254 e. The van der Waals surface area contributed by atoms with E-state index in [9.17, 15) is 4.79 Å². The SMILES string of the molecule is C[C@@H](Cc1cccs1)N(Cc1ccc(Cl)cc1)C(=O)c1ccncc1. The zero-order valence-corrected chi connectivity index (χ0v) is 15.5. The molecule has 2 aromatic heterocycles. The van der Waals surface area contributed by atoms with Gasteiger partial charge in [0.1, 0.15) is 0 Å². The Labute approximate surface area is 156 Å². The van der Waals surface area contributed by atoms with E-state index in [0.717, 1.165) is 12.0 Å². The average molecular weight is 371 g/mol. The summed E-state index contributed by atoms with van der Waals surface area (Å²) >= 11 is 7.70.